The molecule has 6 atom stereocenters. The second-order valence-corrected chi connectivity index (χ2v) is 10.5. The van der Waals surface area contributed by atoms with Crippen molar-refractivity contribution in [3.63, 3.8) is 0 Å². The third-order valence-corrected chi connectivity index (χ3v) is 9.94. The molecule has 0 radical (unpaired) electrons. The number of anilines is 1. The number of nitrogens with zero attached hydrogens (tertiary/aromatic N) is 1. The fourth-order valence-corrected chi connectivity index (χ4v) is 7.13. The molecule has 1 heterocycles. The van der Waals surface area contributed by atoms with E-state index in [4.69, 9.17) is 4.74 Å². The Labute approximate surface area is 193 Å². The molecule has 30 heavy (non-hydrogen) atoms. The number of nitrogens with one attached hydrogen (secondary N) is 1. The smallest absolute Gasteiger partial charge is 0.233 e. The number of methoxy groups -OCH3 is 1. The topological polar surface area (TPSA) is 75.7 Å². The Kier molecular flexibility index (Phi) is 6.53. The van der Waals surface area contributed by atoms with Crippen molar-refractivity contribution < 1.29 is 19.1 Å². The molecule has 0 spiro atoms. The van der Waals surface area contributed by atoms with Crippen LogP contribution in [0.2, 0.25) is 0 Å². The molecule has 0 unspecified atom stereocenters. The number of fused-ring (bicyclic) bond motifs is 5. The van der Waals surface area contributed by atoms with Gasteiger partial charge in [0.05, 0.1) is 18.9 Å². The number of halogens is 2. The molecule has 0 aromatic heterocycles. The molecule has 3 aliphatic rings. The monoisotopic (exact) mass is 540 g/mol. The number of carbonyl (C=O) groups excluding carboxylic acids is 3. The van der Waals surface area contributed by atoms with Gasteiger partial charge in [-0.05, 0) is 55.4 Å². The van der Waals surface area contributed by atoms with Crippen molar-refractivity contribution in [1.82, 2.24) is 4.90 Å². The van der Waals surface area contributed by atoms with Crippen molar-refractivity contribution in [3.05, 3.63) is 24.3 Å². The summed E-state index contributed by atoms with van der Waals surface area (Å²) in [6.45, 7) is 0.462. The van der Waals surface area contributed by atoms with Crippen molar-refractivity contribution in [1.29, 1.82) is 0 Å². The maximum absolute atomic E-state index is 12.9. The van der Waals surface area contributed by atoms with Crippen LogP contribution in [-0.2, 0) is 14.4 Å². The lowest BCUT2D eigenvalue weighted by atomic mass is 9.81. The van der Waals surface area contributed by atoms with Gasteiger partial charge < -0.3 is 10.1 Å². The van der Waals surface area contributed by atoms with E-state index < -0.39 is 0 Å². The van der Waals surface area contributed by atoms with E-state index in [-0.39, 0.29) is 51.0 Å². The van der Waals surface area contributed by atoms with Crippen molar-refractivity contribution in [2.24, 2.45) is 23.7 Å². The van der Waals surface area contributed by atoms with Crippen LogP contribution in [0.4, 0.5) is 5.69 Å². The number of carbonyl (C=O) groups is 3. The van der Waals surface area contributed by atoms with Gasteiger partial charge in [-0.3, -0.25) is 19.3 Å². The number of ether oxygens (including phenoxy) is 1. The predicted octanol–water partition coefficient (Wildman–Crippen LogP) is 3.97. The zero-order chi connectivity index (χ0) is 21.4. The number of unbranched alkanes of at least 4 members (excludes halogenated alkanes) is 2. The van der Waals surface area contributed by atoms with Crippen LogP contribution in [-0.4, -0.2) is 45.9 Å². The van der Waals surface area contributed by atoms with E-state index in [0.29, 0.717) is 13.0 Å². The highest BCUT2D eigenvalue weighted by atomic mass is 79.9. The first-order valence-corrected chi connectivity index (χ1v) is 12.3. The molecular weight excluding hydrogens is 516 g/mol. The Morgan fingerprint density at radius 3 is 2.20 bits per heavy atom. The Hall–Kier alpha value is -1.41. The fourth-order valence-electron chi connectivity index (χ4n) is 5.26. The number of amides is 3. The molecule has 1 aromatic carbocycles. The molecule has 2 saturated carbocycles. The first kappa shape index (κ1) is 21.8. The van der Waals surface area contributed by atoms with Gasteiger partial charge >= 0.3 is 0 Å². The number of benzene rings is 1. The number of likely N-dealkylation sites (tertiary alicyclic amines) is 1. The van der Waals surface area contributed by atoms with Crippen molar-refractivity contribution in [2.75, 3.05) is 19.0 Å². The minimum atomic E-state index is -0.143. The van der Waals surface area contributed by atoms with Gasteiger partial charge in [0, 0.05) is 28.3 Å². The second kappa shape index (κ2) is 8.99. The third-order valence-electron chi connectivity index (χ3n) is 6.74. The third kappa shape index (κ3) is 3.93. The van der Waals surface area contributed by atoms with E-state index in [9.17, 15) is 14.4 Å². The maximum atomic E-state index is 12.9. The molecule has 162 valence electrons. The molecule has 2 aliphatic carbocycles. The van der Waals surface area contributed by atoms with Crippen LogP contribution in [0.1, 0.15) is 32.1 Å². The number of hydrogen-bond donors (Lipinski definition) is 1. The van der Waals surface area contributed by atoms with Gasteiger partial charge in [0.1, 0.15) is 5.75 Å². The summed E-state index contributed by atoms with van der Waals surface area (Å²) in [5.74, 6) is 0.963. The van der Waals surface area contributed by atoms with E-state index in [1.807, 2.05) is 0 Å². The second-order valence-electron chi connectivity index (χ2n) is 8.42. The minimum absolute atomic E-state index is 0.0126. The zero-order valence-electron chi connectivity index (χ0n) is 16.9. The van der Waals surface area contributed by atoms with Crippen molar-refractivity contribution >= 4 is 55.3 Å². The lowest BCUT2D eigenvalue weighted by Crippen LogP contribution is -2.37. The summed E-state index contributed by atoms with van der Waals surface area (Å²) in [5, 5.41) is 2.87. The summed E-state index contributed by atoms with van der Waals surface area (Å²) in [5.41, 5.74) is 0.741. The van der Waals surface area contributed by atoms with Crippen LogP contribution in [0, 0.1) is 23.7 Å². The Morgan fingerprint density at radius 1 is 1.03 bits per heavy atom. The highest BCUT2D eigenvalue weighted by Crippen LogP contribution is 2.60. The van der Waals surface area contributed by atoms with Gasteiger partial charge in [-0.25, -0.2) is 0 Å². The number of alkyl halides is 2. The van der Waals surface area contributed by atoms with Crippen molar-refractivity contribution in [2.45, 2.75) is 41.8 Å². The lowest BCUT2D eigenvalue weighted by Gasteiger charge is -2.28. The van der Waals surface area contributed by atoms with Crippen LogP contribution >= 0.6 is 31.9 Å². The van der Waals surface area contributed by atoms with Crippen LogP contribution < -0.4 is 10.1 Å². The maximum Gasteiger partial charge on any atom is 0.233 e. The zero-order valence-corrected chi connectivity index (χ0v) is 20.0. The average Bonchev–Trinajstić information content (AvgIpc) is 3.34. The molecule has 4 rings (SSSR count). The largest absolute Gasteiger partial charge is 0.497 e. The number of rotatable bonds is 8. The van der Waals surface area contributed by atoms with Crippen LogP contribution in [0.25, 0.3) is 0 Å². The minimum Gasteiger partial charge on any atom is -0.497 e. The quantitative estimate of drug-likeness (QED) is 0.307. The standard InChI is InChI=1S/C22H26Br2N2O4/c1-30-13-8-6-12(7-9-13)25-16(27)5-3-2-4-10-26-21(28)17-14-11-15(18(17)22(26)29)20(24)19(14)23/h6-9,14-15,17-20H,2-5,10-11H2,1H3,(H,25,27)/t14-,15+,17-,18+,19-,20+. The van der Waals surface area contributed by atoms with Crippen LogP contribution in [0.5, 0.6) is 5.75 Å². The molecule has 2 bridgehead atoms. The first-order valence-electron chi connectivity index (χ1n) is 10.5. The van der Waals surface area contributed by atoms with Gasteiger partial charge in [-0.2, -0.15) is 0 Å². The van der Waals surface area contributed by atoms with E-state index >= 15 is 0 Å². The van der Waals surface area contributed by atoms with Crippen LogP contribution in [0.3, 0.4) is 0 Å². The Balaban J connectivity index is 1.19. The average molecular weight is 542 g/mol. The first-order chi connectivity index (χ1) is 14.4. The molecule has 1 saturated heterocycles. The van der Waals surface area contributed by atoms with E-state index in [2.05, 4.69) is 37.2 Å². The molecule has 3 amide bonds. The molecular formula is C22H26Br2N2O4. The highest BCUT2D eigenvalue weighted by molar-refractivity contribution is 9.12. The molecule has 3 fully saturated rings. The lowest BCUT2D eigenvalue weighted by molar-refractivity contribution is -0.140. The summed E-state index contributed by atoms with van der Waals surface area (Å²) in [4.78, 5) is 39.8. The van der Waals surface area contributed by atoms with Gasteiger partial charge in [0.25, 0.3) is 0 Å². The molecule has 1 aliphatic heterocycles. The SMILES string of the molecule is COc1ccc(NC(=O)CCCCCN2C(=O)[C@@H]3[C@H]4C[C@H]([C@H](Br)[C@@H]4Br)[C@@H]3C2=O)cc1. The van der Waals surface area contributed by atoms with Gasteiger partial charge in [0.15, 0.2) is 0 Å². The molecule has 6 nitrogen and oxygen atoms in total. The highest BCUT2D eigenvalue weighted by Gasteiger charge is 2.66. The Bertz CT molecular complexity index is 799. The number of hydrogen-bond acceptors (Lipinski definition) is 4. The molecule has 1 N–H and O–H groups in total. The number of imide groups is 1. The molecule has 8 heteroatoms. The fraction of sp³-hybridized carbons (Fsp3) is 0.591. The predicted molar refractivity (Wildman–Crippen MR) is 121 cm³/mol. The van der Waals surface area contributed by atoms with E-state index in [0.717, 1.165) is 37.1 Å². The summed E-state index contributed by atoms with van der Waals surface area (Å²) in [6.07, 6.45) is 3.63. The summed E-state index contributed by atoms with van der Waals surface area (Å²) in [7, 11) is 1.60. The normalized spacial score (nSPS) is 31.9. The van der Waals surface area contributed by atoms with Gasteiger partial charge in [-0.1, -0.05) is 38.3 Å². The Morgan fingerprint density at radius 2 is 1.63 bits per heavy atom. The van der Waals surface area contributed by atoms with Gasteiger partial charge in [-0.15, -0.1) is 0 Å². The van der Waals surface area contributed by atoms with Gasteiger partial charge in [0.2, 0.25) is 17.7 Å². The summed E-state index contributed by atoms with van der Waals surface area (Å²) in [6, 6.07) is 7.22. The summed E-state index contributed by atoms with van der Waals surface area (Å²) < 4.78 is 5.10. The van der Waals surface area contributed by atoms with E-state index in [1.54, 1.807) is 31.4 Å². The molecule has 1 aromatic rings. The van der Waals surface area contributed by atoms with Crippen LogP contribution in [0.15, 0.2) is 24.3 Å². The summed E-state index contributed by atoms with van der Waals surface area (Å²) >= 11 is 7.42. The van der Waals surface area contributed by atoms with E-state index in [1.165, 1.54) is 4.90 Å². The van der Waals surface area contributed by atoms with Crippen molar-refractivity contribution in [3.8, 4) is 5.75 Å².